The Balaban J connectivity index is 1.69. The summed E-state index contributed by atoms with van der Waals surface area (Å²) < 4.78 is 27.3. The molecular weight excluding hydrogens is 372 g/mol. The van der Waals surface area contributed by atoms with E-state index in [4.69, 9.17) is 11.6 Å². The second-order valence-electron chi connectivity index (χ2n) is 7.93. The molecule has 5 atom stereocenters. The second-order valence-corrected chi connectivity index (χ2v) is 8.37. The molecule has 1 heterocycles. The van der Waals surface area contributed by atoms with E-state index in [-0.39, 0.29) is 23.4 Å². The van der Waals surface area contributed by atoms with Crippen LogP contribution in [0.2, 0.25) is 5.02 Å². The van der Waals surface area contributed by atoms with Crippen LogP contribution >= 0.6 is 11.6 Å². The minimum Gasteiger partial charge on any atom is -0.545 e. The van der Waals surface area contributed by atoms with Crippen LogP contribution in [0.15, 0.2) is 30.3 Å². The first-order chi connectivity index (χ1) is 12.9. The van der Waals surface area contributed by atoms with Crippen molar-refractivity contribution >= 4 is 23.3 Å². The zero-order valence-electron chi connectivity index (χ0n) is 14.3. The second kappa shape index (κ2) is 5.93. The van der Waals surface area contributed by atoms with E-state index in [2.05, 4.69) is 5.32 Å². The number of anilines is 1. The Kier molecular flexibility index (Phi) is 3.73. The van der Waals surface area contributed by atoms with E-state index in [1.54, 1.807) is 12.1 Å². The van der Waals surface area contributed by atoms with E-state index in [1.807, 2.05) is 0 Å². The molecule has 0 spiro atoms. The number of hydrogen-bond acceptors (Lipinski definition) is 3. The summed E-state index contributed by atoms with van der Waals surface area (Å²) in [4.78, 5) is 11.8. The molecule has 1 N–H and O–H groups in total. The summed E-state index contributed by atoms with van der Waals surface area (Å²) in [6, 6.07) is 6.96. The van der Waals surface area contributed by atoms with Crippen LogP contribution in [-0.4, -0.2) is 5.97 Å². The number of benzene rings is 2. The molecule has 2 saturated carbocycles. The number of carboxylic acids is 1. The number of halogens is 3. The molecule has 140 valence electrons. The maximum atomic E-state index is 13.9. The van der Waals surface area contributed by atoms with Crippen LogP contribution in [0, 0.1) is 29.4 Å². The molecule has 2 aliphatic carbocycles. The van der Waals surface area contributed by atoms with Crippen LogP contribution in [0.1, 0.15) is 52.7 Å². The van der Waals surface area contributed by atoms with Crippen molar-refractivity contribution in [3.05, 3.63) is 63.7 Å². The number of rotatable bonds is 2. The average molecular weight is 389 g/mol. The Bertz CT molecular complexity index is 963. The SMILES string of the molecule is O=C([O-])c1cc(Cl)cc2c1[C@H]1[C@H]3CC[C@@H](C3)[C@@H]1[C@H](c1ccc(F)c(F)c1)N2. The van der Waals surface area contributed by atoms with Crippen molar-refractivity contribution in [3.63, 3.8) is 0 Å². The van der Waals surface area contributed by atoms with Gasteiger partial charge in [-0.05, 0) is 78.3 Å². The lowest BCUT2D eigenvalue weighted by Gasteiger charge is -2.44. The van der Waals surface area contributed by atoms with Crippen LogP contribution < -0.4 is 10.4 Å². The molecule has 27 heavy (non-hydrogen) atoms. The smallest absolute Gasteiger partial charge is 0.159 e. The van der Waals surface area contributed by atoms with Gasteiger partial charge < -0.3 is 15.2 Å². The number of carboxylic acid groups (broad SMARTS) is 1. The predicted octanol–water partition coefficient (Wildman–Crippen LogP) is 4.28. The van der Waals surface area contributed by atoms with Gasteiger partial charge in [-0.2, -0.15) is 0 Å². The third kappa shape index (κ3) is 2.48. The van der Waals surface area contributed by atoms with E-state index in [9.17, 15) is 18.7 Å². The van der Waals surface area contributed by atoms with E-state index in [0.29, 0.717) is 28.1 Å². The van der Waals surface area contributed by atoms with E-state index in [1.165, 1.54) is 12.1 Å². The van der Waals surface area contributed by atoms with Gasteiger partial charge in [-0.1, -0.05) is 17.7 Å². The lowest BCUT2D eigenvalue weighted by Crippen LogP contribution is -2.37. The van der Waals surface area contributed by atoms with Crippen LogP contribution in [0.4, 0.5) is 14.5 Å². The monoisotopic (exact) mass is 388 g/mol. The highest BCUT2D eigenvalue weighted by atomic mass is 35.5. The number of carbonyl (C=O) groups is 1. The standard InChI is InChI=1S/C21H18ClF2NO2/c22-12-7-13(21(26)27)19-16(8-12)25-20(11-3-4-14(23)15(24)6-11)18-10-2-1-9(5-10)17(18)19/h3-4,6-10,17-18,20,25H,1-2,5H2,(H,26,27)/p-1/t9-,10-,17-,18-,20-/m0/s1. The van der Waals surface area contributed by atoms with Gasteiger partial charge in [0.05, 0.1) is 12.0 Å². The molecule has 3 nitrogen and oxygen atoms in total. The largest absolute Gasteiger partial charge is 0.545 e. The zero-order valence-corrected chi connectivity index (χ0v) is 15.1. The number of nitrogens with one attached hydrogen (secondary N) is 1. The molecule has 5 rings (SSSR count). The van der Waals surface area contributed by atoms with Crippen molar-refractivity contribution in [1.29, 1.82) is 0 Å². The van der Waals surface area contributed by atoms with Crippen LogP contribution in [0.3, 0.4) is 0 Å². The third-order valence-electron chi connectivity index (χ3n) is 6.68. The summed E-state index contributed by atoms with van der Waals surface area (Å²) in [6.07, 6.45) is 3.17. The molecule has 0 radical (unpaired) electrons. The van der Waals surface area contributed by atoms with Gasteiger partial charge in [0.15, 0.2) is 11.6 Å². The highest BCUT2D eigenvalue weighted by Gasteiger charge is 2.54. The summed E-state index contributed by atoms with van der Waals surface area (Å²) in [5.74, 6) is -1.95. The lowest BCUT2D eigenvalue weighted by molar-refractivity contribution is -0.255. The summed E-state index contributed by atoms with van der Waals surface area (Å²) in [6.45, 7) is 0. The van der Waals surface area contributed by atoms with Crippen LogP contribution in [-0.2, 0) is 0 Å². The number of fused-ring (bicyclic) bond motifs is 7. The molecule has 0 saturated heterocycles. The number of carbonyl (C=O) groups excluding carboxylic acids is 1. The highest BCUT2D eigenvalue weighted by Crippen LogP contribution is 2.64. The lowest BCUT2D eigenvalue weighted by atomic mass is 9.67. The summed E-state index contributed by atoms with van der Waals surface area (Å²) in [5, 5.41) is 15.5. The molecule has 2 fully saturated rings. The first-order valence-electron chi connectivity index (χ1n) is 9.20. The maximum absolute atomic E-state index is 13.9. The van der Waals surface area contributed by atoms with Gasteiger partial charge in [0.1, 0.15) is 0 Å². The van der Waals surface area contributed by atoms with Crippen LogP contribution in [0.5, 0.6) is 0 Å². The fourth-order valence-corrected chi connectivity index (χ4v) is 6.00. The number of hydrogen-bond donors (Lipinski definition) is 1. The molecule has 0 aromatic heterocycles. The maximum Gasteiger partial charge on any atom is 0.159 e. The van der Waals surface area contributed by atoms with Crippen molar-refractivity contribution in [2.75, 3.05) is 5.32 Å². The van der Waals surface area contributed by atoms with Gasteiger partial charge in [0.25, 0.3) is 0 Å². The Labute approximate surface area is 160 Å². The van der Waals surface area contributed by atoms with Crippen molar-refractivity contribution < 1.29 is 18.7 Å². The van der Waals surface area contributed by atoms with Gasteiger partial charge in [-0.15, -0.1) is 0 Å². The van der Waals surface area contributed by atoms with Gasteiger partial charge >= 0.3 is 0 Å². The summed E-state index contributed by atoms with van der Waals surface area (Å²) in [7, 11) is 0. The minimum absolute atomic E-state index is 0.0586. The van der Waals surface area contributed by atoms with Crippen molar-refractivity contribution in [2.24, 2.45) is 17.8 Å². The van der Waals surface area contributed by atoms with E-state index < -0.39 is 17.6 Å². The van der Waals surface area contributed by atoms with Gasteiger partial charge in [0, 0.05) is 16.3 Å². The van der Waals surface area contributed by atoms with E-state index in [0.717, 1.165) is 30.9 Å². The van der Waals surface area contributed by atoms with Crippen LogP contribution in [0.25, 0.3) is 0 Å². The predicted molar refractivity (Wildman–Crippen MR) is 95.6 cm³/mol. The Morgan fingerprint density at radius 3 is 2.63 bits per heavy atom. The third-order valence-corrected chi connectivity index (χ3v) is 6.90. The Morgan fingerprint density at radius 1 is 1.11 bits per heavy atom. The first-order valence-corrected chi connectivity index (χ1v) is 9.58. The summed E-state index contributed by atoms with van der Waals surface area (Å²) >= 11 is 6.15. The molecule has 0 unspecified atom stereocenters. The molecule has 2 bridgehead atoms. The molecule has 2 aromatic carbocycles. The van der Waals surface area contributed by atoms with Gasteiger partial charge in [-0.25, -0.2) is 8.78 Å². The van der Waals surface area contributed by atoms with E-state index >= 15 is 0 Å². The quantitative estimate of drug-likeness (QED) is 0.835. The normalized spacial score (nSPS) is 30.6. The highest BCUT2D eigenvalue weighted by molar-refractivity contribution is 6.31. The fourth-order valence-electron chi connectivity index (χ4n) is 5.78. The molecule has 3 aliphatic rings. The minimum atomic E-state index is -1.23. The molecule has 0 amide bonds. The van der Waals surface area contributed by atoms with Crippen molar-refractivity contribution in [3.8, 4) is 0 Å². The molecular formula is C21H17ClF2NO2-. The fraction of sp³-hybridized carbons (Fsp3) is 0.381. The summed E-state index contributed by atoms with van der Waals surface area (Å²) in [5.41, 5.74) is 2.23. The topological polar surface area (TPSA) is 52.2 Å². The molecule has 6 heteroatoms. The van der Waals surface area contributed by atoms with Crippen molar-refractivity contribution in [1.82, 2.24) is 0 Å². The van der Waals surface area contributed by atoms with Crippen molar-refractivity contribution in [2.45, 2.75) is 31.2 Å². The van der Waals surface area contributed by atoms with Gasteiger partial charge in [-0.3, -0.25) is 0 Å². The number of aromatic carboxylic acids is 1. The molecule has 1 aliphatic heterocycles. The average Bonchev–Trinajstić information content (AvgIpc) is 3.24. The Morgan fingerprint density at radius 2 is 1.89 bits per heavy atom. The first kappa shape index (κ1) is 17.0. The van der Waals surface area contributed by atoms with Gasteiger partial charge in [0.2, 0.25) is 0 Å². The Hall–Kier alpha value is -2.14. The zero-order chi connectivity index (χ0) is 18.9. The molecule has 2 aromatic rings.